The fraction of sp³-hybridized carbons (Fsp3) is 0.909. The fourth-order valence-corrected chi connectivity index (χ4v) is 11.8. The van der Waals surface area contributed by atoms with Gasteiger partial charge >= 0.3 is 17.9 Å². The highest BCUT2D eigenvalue weighted by atomic mass is 16.6. The highest BCUT2D eigenvalue weighted by Crippen LogP contribution is 2.20. The summed E-state index contributed by atoms with van der Waals surface area (Å²) in [6, 6.07) is 0. The molecule has 6 heteroatoms. The third kappa shape index (κ3) is 70.5. The topological polar surface area (TPSA) is 78.9 Å². The number of hydrogen-bond donors (Lipinski definition) is 0. The van der Waals surface area contributed by atoms with Gasteiger partial charge in [0.05, 0.1) is 0 Å². The van der Waals surface area contributed by atoms with E-state index in [0.29, 0.717) is 19.3 Å². The maximum atomic E-state index is 12.9. The maximum absolute atomic E-state index is 12.9. The number of hydrogen-bond acceptors (Lipinski definition) is 6. The first-order valence-electron chi connectivity index (χ1n) is 37.8. The Hall–Kier alpha value is -2.11. The van der Waals surface area contributed by atoms with Gasteiger partial charge in [0.1, 0.15) is 13.2 Å². The summed E-state index contributed by atoms with van der Waals surface area (Å²) in [5.41, 5.74) is 0. The Morgan fingerprint density at radius 1 is 0.241 bits per heavy atom. The summed E-state index contributed by atoms with van der Waals surface area (Å²) in [7, 11) is 0. The molecule has 6 nitrogen and oxygen atoms in total. The molecule has 0 aromatic heterocycles. The second-order valence-corrected chi connectivity index (χ2v) is 25.9. The molecule has 0 bridgehead atoms. The molecule has 0 saturated heterocycles. The van der Waals surface area contributed by atoms with Crippen LogP contribution in [0.4, 0.5) is 0 Å². The molecule has 0 aliphatic heterocycles. The first kappa shape index (κ1) is 80.9. The zero-order valence-electron chi connectivity index (χ0n) is 56.5. The monoisotopic (exact) mass is 1170 g/mol. The smallest absolute Gasteiger partial charge is 0.306 e. The van der Waals surface area contributed by atoms with E-state index in [1.807, 2.05) is 0 Å². The van der Waals surface area contributed by atoms with Crippen molar-refractivity contribution >= 4 is 17.9 Å². The van der Waals surface area contributed by atoms with Crippen molar-refractivity contribution in [1.82, 2.24) is 0 Å². The standard InChI is InChI=1S/C77H146O6/c1-4-7-10-13-16-19-22-25-27-29-31-32-33-34-35-36-37-38-39-40-41-42-43-44-45-47-48-50-52-55-58-61-64-67-70-76(79)82-73-74(72-81-75(78)69-66-63-60-57-54-24-21-18-15-12-9-6-3)83-77(80)71-68-65-62-59-56-53-51-49-46-30-28-26-23-20-17-14-11-8-5-2/h17,20,26,28,74H,4-16,18-19,21-25,27,29-73H2,1-3H3/b20-17-,28-26-. The van der Waals surface area contributed by atoms with E-state index in [1.54, 1.807) is 0 Å². The SMILES string of the molecule is CCCCC/C=C\C/C=C\CCCCCCCCCCCC(=O)OC(COC(=O)CCCCCCCCCCCCCC)COC(=O)CCCCCCCCCCCCCCCCCCCCCCCCCCCCCCCCCCCC. The van der Waals surface area contributed by atoms with Gasteiger partial charge in [0.15, 0.2) is 6.10 Å². The zero-order valence-corrected chi connectivity index (χ0v) is 56.5. The summed E-state index contributed by atoms with van der Waals surface area (Å²) in [6.45, 7) is 6.69. The van der Waals surface area contributed by atoms with Gasteiger partial charge in [-0.1, -0.05) is 385 Å². The largest absolute Gasteiger partial charge is 0.462 e. The molecule has 0 rings (SSSR count). The van der Waals surface area contributed by atoms with Gasteiger partial charge in [-0.05, 0) is 51.4 Å². The van der Waals surface area contributed by atoms with Crippen molar-refractivity contribution in [3.8, 4) is 0 Å². The van der Waals surface area contributed by atoms with Crippen LogP contribution in [0.5, 0.6) is 0 Å². The first-order chi connectivity index (χ1) is 41.0. The van der Waals surface area contributed by atoms with Crippen molar-refractivity contribution in [2.75, 3.05) is 13.2 Å². The predicted molar refractivity (Wildman–Crippen MR) is 363 cm³/mol. The summed E-state index contributed by atoms with van der Waals surface area (Å²) in [5, 5.41) is 0. The lowest BCUT2D eigenvalue weighted by molar-refractivity contribution is -0.167. The normalized spacial score (nSPS) is 12.1. The summed E-state index contributed by atoms with van der Waals surface area (Å²) < 4.78 is 17.0. The Balaban J connectivity index is 4.06. The number of allylic oxidation sites excluding steroid dienone is 4. The van der Waals surface area contributed by atoms with E-state index in [9.17, 15) is 14.4 Å². The molecule has 0 saturated carbocycles. The van der Waals surface area contributed by atoms with Crippen molar-refractivity contribution in [1.29, 1.82) is 0 Å². The van der Waals surface area contributed by atoms with E-state index in [4.69, 9.17) is 14.2 Å². The van der Waals surface area contributed by atoms with Crippen LogP contribution >= 0.6 is 0 Å². The number of ether oxygens (including phenoxy) is 3. The van der Waals surface area contributed by atoms with Crippen LogP contribution in [-0.4, -0.2) is 37.2 Å². The van der Waals surface area contributed by atoms with Crippen LogP contribution in [0.3, 0.4) is 0 Å². The van der Waals surface area contributed by atoms with Crippen molar-refractivity contribution in [2.45, 2.75) is 438 Å². The molecule has 0 heterocycles. The van der Waals surface area contributed by atoms with Gasteiger partial charge in [-0.2, -0.15) is 0 Å². The van der Waals surface area contributed by atoms with E-state index in [0.717, 1.165) is 64.2 Å². The molecule has 0 aromatic carbocycles. The molecule has 0 aromatic rings. The third-order valence-electron chi connectivity index (χ3n) is 17.5. The minimum absolute atomic E-state index is 0.0665. The average molecular weight is 1170 g/mol. The summed E-state index contributed by atoms with van der Waals surface area (Å²) >= 11 is 0. The van der Waals surface area contributed by atoms with Crippen LogP contribution < -0.4 is 0 Å². The van der Waals surface area contributed by atoms with Crippen LogP contribution in [0.2, 0.25) is 0 Å². The van der Waals surface area contributed by atoms with E-state index in [-0.39, 0.29) is 31.1 Å². The molecule has 0 N–H and O–H groups in total. The van der Waals surface area contributed by atoms with Crippen molar-refractivity contribution in [2.24, 2.45) is 0 Å². The zero-order chi connectivity index (χ0) is 59.9. The molecule has 490 valence electrons. The fourth-order valence-electron chi connectivity index (χ4n) is 11.8. The Morgan fingerprint density at radius 2 is 0.434 bits per heavy atom. The van der Waals surface area contributed by atoms with Gasteiger partial charge in [0.2, 0.25) is 0 Å². The number of unbranched alkanes of at least 4 members (excludes halogenated alkanes) is 56. The molecule has 0 aliphatic carbocycles. The predicted octanol–water partition coefficient (Wildman–Crippen LogP) is 26.1. The second kappa shape index (κ2) is 72.4. The van der Waals surface area contributed by atoms with Crippen LogP contribution in [-0.2, 0) is 28.6 Å². The van der Waals surface area contributed by atoms with E-state index in [1.165, 1.54) is 327 Å². The Kier molecular flexibility index (Phi) is 70.5. The van der Waals surface area contributed by atoms with Crippen LogP contribution in [0.15, 0.2) is 24.3 Å². The lowest BCUT2D eigenvalue weighted by atomic mass is 10.0. The maximum Gasteiger partial charge on any atom is 0.306 e. The molecule has 0 aliphatic rings. The van der Waals surface area contributed by atoms with Crippen molar-refractivity contribution < 1.29 is 28.6 Å². The van der Waals surface area contributed by atoms with E-state index in [2.05, 4.69) is 45.1 Å². The lowest BCUT2D eigenvalue weighted by Crippen LogP contribution is -2.30. The molecular weight excluding hydrogens is 1020 g/mol. The molecule has 0 amide bonds. The second-order valence-electron chi connectivity index (χ2n) is 25.9. The lowest BCUT2D eigenvalue weighted by Gasteiger charge is -2.18. The first-order valence-corrected chi connectivity index (χ1v) is 37.8. The van der Waals surface area contributed by atoms with Gasteiger partial charge in [0, 0.05) is 19.3 Å². The Morgan fingerprint density at radius 3 is 0.687 bits per heavy atom. The molecule has 0 fully saturated rings. The molecular formula is C77H146O6. The van der Waals surface area contributed by atoms with E-state index < -0.39 is 6.10 Å². The minimum Gasteiger partial charge on any atom is -0.462 e. The quantitative estimate of drug-likeness (QED) is 0.0261. The van der Waals surface area contributed by atoms with Gasteiger partial charge in [-0.15, -0.1) is 0 Å². The molecule has 83 heavy (non-hydrogen) atoms. The van der Waals surface area contributed by atoms with E-state index >= 15 is 0 Å². The molecule has 0 radical (unpaired) electrons. The van der Waals surface area contributed by atoms with Crippen LogP contribution in [0.25, 0.3) is 0 Å². The minimum atomic E-state index is -0.770. The van der Waals surface area contributed by atoms with Gasteiger partial charge in [-0.25, -0.2) is 0 Å². The number of carbonyl (C=O) groups is 3. The number of carbonyl (C=O) groups excluding carboxylic acids is 3. The average Bonchev–Trinajstić information content (AvgIpc) is 3.49. The number of esters is 3. The highest BCUT2D eigenvalue weighted by molar-refractivity contribution is 5.71. The van der Waals surface area contributed by atoms with Gasteiger partial charge < -0.3 is 14.2 Å². The summed E-state index contributed by atoms with van der Waals surface area (Å²) in [4.78, 5) is 38.4. The third-order valence-corrected chi connectivity index (χ3v) is 17.5. The van der Waals surface area contributed by atoms with Crippen LogP contribution in [0, 0.1) is 0 Å². The van der Waals surface area contributed by atoms with Crippen LogP contribution in [0.1, 0.15) is 432 Å². The Labute approximate surface area is 519 Å². The molecule has 0 spiro atoms. The van der Waals surface area contributed by atoms with Crippen molar-refractivity contribution in [3.05, 3.63) is 24.3 Å². The van der Waals surface area contributed by atoms with Gasteiger partial charge in [-0.3, -0.25) is 14.4 Å². The summed E-state index contributed by atoms with van der Waals surface area (Å²) in [5.74, 6) is -0.839. The summed E-state index contributed by atoms with van der Waals surface area (Å²) in [6.07, 6.45) is 89.6. The highest BCUT2D eigenvalue weighted by Gasteiger charge is 2.20. The van der Waals surface area contributed by atoms with Crippen molar-refractivity contribution in [3.63, 3.8) is 0 Å². The molecule has 1 atom stereocenters. The number of rotatable bonds is 71. The molecule has 1 unspecified atom stereocenters. The van der Waals surface area contributed by atoms with Gasteiger partial charge in [0.25, 0.3) is 0 Å². The Bertz CT molecular complexity index is 1340.